The van der Waals surface area contributed by atoms with Crippen molar-refractivity contribution in [3.63, 3.8) is 0 Å². The minimum absolute atomic E-state index is 0.731. The van der Waals surface area contributed by atoms with Crippen molar-refractivity contribution in [1.82, 2.24) is 10.2 Å². The van der Waals surface area contributed by atoms with E-state index in [0.29, 0.717) is 0 Å². The SMILES string of the molecule is CCCNC1CCN(CC2CC=CCC2)C(C)C1C. The Bertz CT molecular complexity index is 287. The zero-order chi connectivity index (χ0) is 13.7. The van der Waals surface area contributed by atoms with Crippen LogP contribution in [0.4, 0.5) is 0 Å². The van der Waals surface area contributed by atoms with Gasteiger partial charge >= 0.3 is 0 Å². The number of rotatable bonds is 5. The molecule has 4 atom stereocenters. The highest BCUT2D eigenvalue weighted by Gasteiger charge is 2.32. The summed E-state index contributed by atoms with van der Waals surface area (Å²) < 4.78 is 0. The van der Waals surface area contributed by atoms with E-state index in [1.54, 1.807) is 0 Å². The first-order valence-electron chi connectivity index (χ1n) is 8.34. The van der Waals surface area contributed by atoms with E-state index in [4.69, 9.17) is 0 Å². The van der Waals surface area contributed by atoms with Crippen molar-refractivity contribution in [3.05, 3.63) is 12.2 Å². The highest BCUT2D eigenvalue weighted by Crippen LogP contribution is 2.27. The van der Waals surface area contributed by atoms with E-state index in [0.717, 1.165) is 23.9 Å². The Kier molecular flexibility index (Phi) is 5.90. The number of piperidine rings is 1. The quantitative estimate of drug-likeness (QED) is 0.765. The van der Waals surface area contributed by atoms with Crippen molar-refractivity contribution in [2.24, 2.45) is 11.8 Å². The van der Waals surface area contributed by atoms with Crippen LogP contribution in [0.1, 0.15) is 52.9 Å². The van der Waals surface area contributed by atoms with E-state index in [1.807, 2.05) is 0 Å². The maximum absolute atomic E-state index is 3.74. The Balaban J connectivity index is 1.82. The van der Waals surface area contributed by atoms with Crippen LogP contribution < -0.4 is 5.32 Å². The van der Waals surface area contributed by atoms with Crippen molar-refractivity contribution in [2.45, 2.75) is 65.0 Å². The van der Waals surface area contributed by atoms with Gasteiger partial charge in [0, 0.05) is 18.6 Å². The second-order valence-corrected chi connectivity index (χ2v) is 6.59. The number of hydrogen-bond donors (Lipinski definition) is 1. The lowest BCUT2D eigenvalue weighted by atomic mass is 9.85. The van der Waals surface area contributed by atoms with E-state index < -0.39 is 0 Å². The van der Waals surface area contributed by atoms with Gasteiger partial charge in [0.25, 0.3) is 0 Å². The Hall–Kier alpha value is -0.340. The van der Waals surface area contributed by atoms with Crippen LogP contribution in [-0.4, -0.2) is 36.6 Å². The van der Waals surface area contributed by atoms with Gasteiger partial charge in [0.05, 0.1) is 0 Å². The molecular weight excluding hydrogens is 232 g/mol. The molecule has 0 aromatic rings. The first kappa shape index (κ1) is 15.1. The van der Waals surface area contributed by atoms with Gasteiger partial charge in [-0.2, -0.15) is 0 Å². The molecule has 1 N–H and O–H groups in total. The van der Waals surface area contributed by atoms with Crippen molar-refractivity contribution in [1.29, 1.82) is 0 Å². The number of nitrogens with zero attached hydrogens (tertiary/aromatic N) is 1. The van der Waals surface area contributed by atoms with Crippen LogP contribution in [0.2, 0.25) is 0 Å². The summed E-state index contributed by atoms with van der Waals surface area (Å²) in [5.74, 6) is 1.68. The lowest BCUT2D eigenvalue weighted by molar-refractivity contribution is 0.0688. The Morgan fingerprint density at radius 2 is 2.05 bits per heavy atom. The van der Waals surface area contributed by atoms with E-state index in [2.05, 4.69) is 43.1 Å². The molecule has 1 heterocycles. The van der Waals surface area contributed by atoms with Crippen LogP contribution in [0.3, 0.4) is 0 Å². The molecule has 2 nitrogen and oxygen atoms in total. The molecule has 0 amide bonds. The molecule has 2 rings (SSSR count). The smallest absolute Gasteiger partial charge is 0.0120 e. The molecule has 0 aromatic carbocycles. The number of likely N-dealkylation sites (tertiary alicyclic amines) is 1. The minimum atomic E-state index is 0.731. The van der Waals surface area contributed by atoms with E-state index >= 15 is 0 Å². The van der Waals surface area contributed by atoms with Crippen molar-refractivity contribution >= 4 is 0 Å². The molecule has 0 radical (unpaired) electrons. The van der Waals surface area contributed by atoms with Gasteiger partial charge in [-0.25, -0.2) is 0 Å². The summed E-state index contributed by atoms with van der Waals surface area (Å²) in [6.07, 6.45) is 11.3. The highest BCUT2D eigenvalue weighted by atomic mass is 15.2. The molecule has 1 aliphatic heterocycles. The third-order valence-corrected chi connectivity index (χ3v) is 5.23. The molecule has 0 bridgehead atoms. The third kappa shape index (κ3) is 4.06. The monoisotopic (exact) mass is 264 g/mol. The maximum atomic E-state index is 3.74. The third-order valence-electron chi connectivity index (χ3n) is 5.23. The second kappa shape index (κ2) is 7.44. The van der Waals surface area contributed by atoms with Crippen LogP contribution in [0.5, 0.6) is 0 Å². The molecule has 0 aromatic heterocycles. The van der Waals surface area contributed by atoms with Crippen LogP contribution in [-0.2, 0) is 0 Å². The molecule has 4 unspecified atom stereocenters. The van der Waals surface area contributed by atoms with Crippen molar-refractivity contribution in [3.8, 4) is 0 Å². The van der Waals surface area contributed by atoms with Gasteiger partial charge in [0.1, 0.15) is 0 Å². The molecule has 19 heavy (non-hydrogen) atoms. The van der Waals surface area contributed by atoms with E-state index in [-0.39, 0.29) is 0 Å². The summed E-state index contributed by atoms with van der Waals surface area (Å²) >= 11 is 0. The summed E-state index contributed by atoms with van der Waals surface area (Å²) in [7, 11) is 0. The molecule has 0 spiro atoms. The minimum Gasteiger partial charge on any atom is -0.314 e. The van der Waals surface area contributed by atoms with Gasteiger partial charge in [0.2, 0.25) is 0 Å². The topological polar surface area (TPSA) is 15.3 Å². The van der Waals surface area contributed by atoms with E-state index in [9.17, 15) is 0 Å². The standard InChI is InChI=1S/C17H32N2/c1-4-11-18-17-10-12-19(15(3)14(17)2)13-16-8-6-5-7-9-16/h5-6,14-18H,4,7-13H2,1-3H3. The molecule has 1 saturated heterocycles. The van der Waals surface area contributed by atoms with Crippen LogP contribution in [0.25, 0.3) is 0 Å². The molecule has 1 fully saturated rings. The lowest BCUT2D eigenvalue weighted by Gasteiger charge is -2.44. The van der Waals surface area contributed by atoms with Gasteiger partial charge in [0.15, 0.2) is 0 Å². The predicted molar refractivity (Wildman–Crippen MR) is 83.4 cm³/mol. The molecular formula is C17H32N2. The van der Waals surface area contributed by atoms with Gasteiger partial charge in [-0.3, -0.25) is 4.90 Å². The zero-order valence-corrected chi connectivity index (χ0v) is 13.1. The van der Waals surface area contributed by atoms with Gasteiger partial charge in [-0.15, -0.1) is 0 Å². The summed E-state index contributed by atoms with van der Waals surface area (Å²) in [6, 6.07) is 1.46. The largest absolute Gasteiger partial charge is 0.314 e. The molecule has 2 heteroatoms. The van der Waals surface area contributed by atoms with Crippen molar-refractivity contribution in [2.75, 3.05) is 19.6 Å². The first-order valence-corrected chi connectivity index (χ1v) is 8.34. The fourth-order valence-corrected chi connectivity index (χ4v) is 3.67. The number of nitrogens with one attached hydrogen (secondary N) is 1. The van der Waals surface area contributed by atoms with Crippen LogP contribution in [0, 0.1) is 11.8 Å². The average Bonchev–Trinajstić information content (AvgIpc) is 2.44. The average molecular weight is 264 g/mol. The van der Waals surface area contributed by atoms with Crippen LogP contribution >= 0.6 is 0 Å². The number of allylic oxidation sites excluding steroid dienone is 2. The second-order valence-electron chi connectivity index (χ2n) is 6.59. The summed E-state index contributed by atoms with van der Waals surface area (Å²) in [6.45, 7) is 10.9. The fourth-order valence-electron chi connectivity index (χ4n) is 3.67. The predicted octanol–water partition coefficient (Wildman–Crippen LogP) is 3.44. The van der Waals surface area contributed by atoms with E-state index in [1.165, 1.54) is 51.7 Å². The molecule has 0 saturated carbocycles. The normalized spacial score (nSPS) is 36.6. The summed E-state index contributed by atoms with van der Waals surface area (Å²) in [5, 5.41) is 3.74. The Morgan fingerprint density at radius 1 is 1.21 bits per heavy atom. The fraction of sp³-hybridized carbons (Fsp3) is 0.882. The maximum Gasteiger partial charge on any atom is 0.0120 e. The van der Waals surface area contributed by atoms with Crippen LogP contribution in [0.15, 0.2) is 12.2 Å². The van der Waals surface area contributed by atoms with Gasteiger partial charge < -0.3 is 5.32 Å². The Morgan fingerprint density at radius 3 is 2.74 bits per heavy atom. The number of hydrogen-bond acceptors (Lipinski definition) is 2. The lowest BCUT2D eigenvalue weighted by Crippen LogP contribution is -2.54. The highest BCUT2D eigenvalue weighted by molar-refractivity contribution is 4.94. The molecule has 110 valence electrons. The first-order chi connectivity index (χ1) is 9.22. The van der Waals surface area contributed by atoms with Crippen molar-refractivity contribution < 1.29 is 0 Å². The summed E-state index contributed by atoms with van der Waals surface area (Å²) in [5.41, 5.74) is 0. The summed E-state index contributed by atoms with van der Waals surface area (Å²) in [4.78, 5) is 2.75. The molecule has 1 aliphatic carbocycles. The Labute approximate surface area is 119 Å². The van der Waals surface area contributed by atoms with Gasteiger partial charge in [-0.1, -0.05) is 26.0 Å². The zero-order valence-electron chi connectivity index (χ0n) is 13.1. The van der Waals surface area contributed by atoms with Gasteiger partial charge in [-0.05, 0) is 64.0 Å². The molecule has 2 aliphatic rings.